The average molecular weight is 480 g/mol. The van der Waals surface area contributed by atoms with Crippen molar-refractivity contribution >= 4 is 18.5 Å². The highest BCUT2D eigenvalue weighted by molar-refractivity contribution is 5.75. The van der Waals surface area contributed by atoms with E-state index in [9.17, 15) is 14.0 Å². The van der Waals surface area contributed by atoms with Crippen molar-refractivity contribution in [2.45, 2.75) is 52.1 Å². The molecule has 0 spiro atoms. The molecule has 6 atom stereocenters. The van der Waals surface area contributed by atoms with Gasteiger partial charge in [-0.2, -0.15) is 0 Å². The molecule has 1 aliphatic heterocycles. The van der Waals surface area contributed by atoms with E-state index in [1.165, 1.54) is 37.8 Å². The lowest BCUT2D eigenvalue weighted by atomic mass is 9.57. The second-order valence-electron chi connectivity index (χ2n) is 9.74. The van der Waals surface area contributed by atoms with Crippen LogP contribution in [-0.4, -0.2) is 30.1 Å². The zero-order chi connectivity index (χ0) is 24.8. The van der Waals surface area contributed by atoms with Gasteiger partial charge in [0, 0.05) is 17.7 Å². The Morgan fingerprint density at radius 1 is 1.17 bits per heavy atom. The minimum Gasteiger partial charge on any atom is -0.468 e. The van der Waals surface area contributed by atoms with Crippen molar-refractivity contribution in [3.05, 3.63) is 60.2 Å². The van der Waals surface area contributed by atoms with Crippen LogP contribution in [0.4, 0.5) is 4.39 Å². The Hall–Kier alpha value is -3.02. The number of carbonyl (C=O) groups is 2. The minimum absolute atomic E-state index is 0.00694. The lowest BCUT2D eigenvalue weighted by molar-refractivity contribution is -0.144. The number of cyclic esters (lactones) is 1. The largest absolute Gasteiger partial charge is 0.468 e. The average Bonchev–Trinajstić information content (AvgIpc) is 3.16. The van der Waals surface area contributed by atoms with Crippen molar-refractivity contribution in [2.24, 2.45) is 29.6 Å². The maximum absolute atomic E-state index is 13.5. The number of esters is 1. The fourth-order valence-corrected chi connectivity index (χ4v) is 6.21. The predicted molar refractivity (Wildman–Crippen MR) is 132 cm³/mol. The Labute approximate surface area is 206 Å². The topological polar surface area (TPSA) is 65.5 Å². The van der Waals surface area contributed by atoms with E-state index in [0.29, 0.717) is 30.8 Å². The number of fused-ring (bicyclic) bond motifs is 2. The summed E-state index contributed by atoms with van der Waals surface area (Å²) in [6, 6.07) is 10.5. The van der Waals surface area contributed by atoms with E-state index in [4.69, 9.17) is 4.74 Å². The number of ether oxygens (including phenoxy) is 2. The van der Waals surface area contributed by atoms with Crippen LogP contribution in [0.1, 0.15) is 51.6 Å². The van der Waals surface area contributed by atoms with Crippen LogP contribution in [0, 0.1) is 35.4 Å². The molecule has 1 aromatic heterocycles. The number of nitrogens with zero attached hydrogens (tertiary/aromatic N) is 1. The van der Waals surface area contributed by atoms with Crippen LogP contribution in [0.5, 0.6) is 0 Å². The summed E-state index contributed by atoms with van der Waals surface area (Å²) in [5, 5.41) is 0. The summed E-state index contributed by atoms with van der Waals surface area (Å²) in [4.78, 5) is 26.2. The Balaban J connectivity index is 0.000000527. The van der Waals surface area contributed by atoms with E-state index in [0.717, 1.165) is 23.2 Å². The molecule has 1 aromatic carbocycles. The Kier molecular flexibility index (Phi) is 8.32. The van der Waals surface area contributed by atoms with Crippen molar-refractivity contribution in [3.63, 3.8) is 0 Å². The molecule has 3 fully saturated rings. The van der Waals surface area contributed by atoms with Crippen molar-refractivity contribution in [1.29, 1.82) is 0 Å². The van der Waals surface area contributed by atoms with Crippen molar-refractivity contribution in [2.75, 3.05) is 6.61 Å². The van der Waals surface area contributed by atoms with Crippen LogP contribution < -0.4 is 0 Å². The number of benzene rings is 1. The number of allylic oxidation sites excluding steroid dienone is 1. The van der Waals surface area contributed by atoms with Gasteiger partial charge in [0.15, 0.2) is 0 Å². The quantitative estimate of drug-likeness (QED) is 0.384. The van der Waals surface area contributed by atoms with Gasteiger partial charge in [-0.15, -0.1) is 0 Å². The first-order valence-electron chi connectivity index (χ1n) is 12.7. The highest BCUT2D eigenvalue weighted by atomic mass is 19.1. The number of aromatic nitrogens is 1. The van der Waals surface area contributed by atoms with Gasteiger partial charge < -0.3 is 9.47 Å². The summed E-state index contributed by atoms with van der Waals surface area (Å²) in [7, 11) is 0. The lowest BCUT2D eigenvalue weighted by Gasteiger charge is -2.45. The van der Waals surface area contributed by atoms with Gasteiger partial charge in [0.05, 0.1) is 18.2 Å². The number of halogens is 1. The molecule has 2 unspecified atom stereocenters. The molecule has 186 valence electrons. The number of carbonyl (C=O) groups excluding carboxylic acids is 2. The molecule has 35 heavy (non-hydrogen) atoms. The summed E-state index contributed by atoms with van der Waals surface area (Å²) in [6.07, 6.45) is 12.2. The Bertz CT molecular complexity index is 1040. The third-order valence-corrected chi connectivity index (χ3v) is 7.74. The Morgan fingerprint density at radius 2 is 2.00 bits per heavy atom. The predicted octanol–water partition coefficient (Wildman–Crippen LogP) is 6.08. The molecular weight excluding hydrogens is 445 g/mol. The normalized spacial score (nSPS) is 29.4. The molecule has 2 saturated carbocycles. The number of rotatable bonds is 5. The minimum atomic E-state index is -0.243. The molecule has 0 radical (unpaired) electrons. The molecular formula is C29H34FNO4. The van der Waals surface area contributed by atoms with E-state index in [-0.39, 0.29) is 29.7 Å². The summed E-state index contributed by atoms with van der Waals surface area (Å²) in [6.45, 7) is 4.72. The monoisotopic (exact) mass is 479 g/mol. The van der Waals surface area contributed by atoms with E-state index in [1.54, 1.807) is 19.2 Å². The number of hydrogen-bond donors (Lipinski definition) is 0. The second kappa shape index (κ2) is 11.6. The molecule has 3 aliphatic rings. The van der Waals surface area contributed by atoms with Gasteiger partial charge in [-0.3, -0.25) is 14.6 Å². The summed E-state index contributed by atoms with van der Waals surface area (Å²) in [5.74, 6) is 1.73. The zero-order valence-electron chi connectivity index (χ0n) is 20.4. The Morgan fingerprint density at radius 3 is 2.69 bits per heavy atom. The van der Waals surface area contributed by atoms with E-state index < -0.39 is 0 Å². The van der Waals surface area contributed by atoms with Gasteiger partial charge in [0.25, 0.3) is 6.47 Å². The molecule has 5 nitrogen and oxygen atoms in total. The number of pyridine rings is 1. The van der Waals surface area contributed by atoms with Crippen LogP contribution >= 0.6 is 0 Å². The molecule has 0 bridgehead atoms. The molecule has 2 heterocycles. The zero-order valence-corrected chi connectivity index (χ0v) is 20.4. The van der Waals surface area contributed by atoms with Crippen molar-refractivity contribution in [1.82, 2.24) is 4.98 Å². The molecule has 6 heteroatoms. The SMILES string of the molecule is CCOC=O.C[C@@H]1OC(=O)C2C[C@H]3CCCC[C@H]3[C@H](/C=C/c3ccc(-c4cccc(F)c4)cn3)C21. The van der Waals surface area contributed by atoms with Crippen LogP contribution in [0.15, 0.2) is 48.7 Å². The standard InChI is InChI=1S/C26H28FNO2.C3H6O2/c1-16-25-23(22-8-3-2-5-18(22)14-24(25)26(29)30-16)12-11-21-10-9-19(15-28-21)17-6-4-7-20(27)13-17;1-2-5-3-4/h4,6-7,9-13,15-16,18,22-25H,2-3,5,8,14H2,1H3;3H,2H2,1H3/b12-11+;/t16-,18+,22+,23-,24?,25?;/m0./s1. The molecule has 2 aliphatic carbocycles. The van der Waals surface area contributed by atoms with Crippen LogP contribution in [0.25, 0.3) is 17.2 Å². The smallest absolute Gasteiger partial charge is 0.309 e. The molecule has 2 aromatic rings. The maximum Gasteiger partial charge on any atom is 0.309 e. The van der Waals surface area contributed by atoms with Gasteiger partial charge in [-0.05, 0) is 74.3 Å². The van der Waals surface area contributed by atoms with Gasteiger partial charge in [-0.1, -0.05) is 43.5 Å². The number of hydrogen-bond acceptors (Lipinski definition) is 5. The van der Waals surface area contributed by atoms with Gasteiger partial charge in [-0.25, -0.2) is 4.39 Å². The maximum atomic E-state index is 13.5. The summed E-state index contributed by atoms with van der Waals surface area (Å²) >= 11 is 0. The second-order valence-corrected chi connectivity index (χ2v) is 9.74. The first-order valence-corrected chi connectivity index (χ1v) is 12.7. The van der Waals surface area contributed by atoms with Crippen LogP contribution in [-0.2, 0) is 19.1 Å². The van der Waals surface area contributed by atoms with Crippen LogP contribution in [0.3, 0.4) is 0 Å². The molecule has 5 rings (SSSR count). The fraction of sp³-hybridized carbons (Fsp3) is 0.483. The van der Waals surface area contributed by atoms with E-state index in [1.807, 2.05) is 18.2 Å². The highest BCUT2D eigenvalue weighted by Gasteiger charge is 2.53. The van der Waals surface area contributed by atoms with Crippen molar-refractivity contribution < 1.29 is 23.5 Å². The third-order valence-electron chi connectivity index (χ3n) is 7.74. The summed E-state index contributed by atoms with van der Waals surface area (Å²) < 4.78 is 23.3. The van der Waals surface area contributed by atoms with Crippen LogP contribution in [0.2, 0.25) is 0 Å². The van der Waals surface area contributed by atoms with Crippen molar-refractivity contribution in [3.8, 4) is 11.1 Å². The lowest BCUT2D eigenvalue weighted by Crippen LogP contribution is -2.42. The van der Waals surface area contributed by atoms with Gasteiger partial charge in [0.2, 0.25) is 0 Å². The van der Waals surface area contributed by atoms with Gasteiger partial charge in [0.1, 0.15) is 11.9 Å². The summed E-state index contributed by atoms with van der Waals surface area (Å²) in [5.41, 5.74) is 2.62. The fourth-order valence-electron chi connectivity index (χ4n) is 6.21. The molecule has 0 N–H and O–H groups in total. The molecule has 0 amide bonds. The van der Waals surface area contributed by atoms with E-state index in [2.05, 4.69) is 28.8 Å². The highest BCUT2D eigenvalue weighted by Crippen LogP contribution is 2.53. The first-order chi connectivity index (χ1) is 17.0. The van der Waals surface area contributed by atoms with Gasteiger partial charge >= 0.3 is 5.97 Å². The first kappa shape index (κ1) is 25.1. The molecule has 1 saturated heterocycles. The van der Waals surface area contributed by atoms with E-state index >= 15 is 0 Å². The third kappa shape index (κ3) is 5.80.